The third kappa shape index (κ3) is 6.33. The molecule has 1 rings (SSSR count). The number of carbonyl (C=O) groups is 1. The normalized spacial score (nSPS) is 23.9. The average molecular weight is 258 g/mol. The second-order valence-electron chi connectivity index (χ2n) is 4.89. The van der Waals surface area contributed by atoms with Crippen molar-refractivity contribution in [2.75, 3.05) is 40.0 Å². The summed E-state index contributed by atoms with van der Waals surface area (Å²) < 4.78 is 10.2. The van der Waals surface area contributed by atoms with Crippen LogP contribution in [0.25, 0.3) is 0 Å². The van der Waals surface area contributed by atoms with Crippen LogP contribution in [0.3, 0.4) is 0 Å². The maximum atomic E-state index is 11.8. The molecule has 0 spiro atoms. The third-order valence-electron chi connectivity index (χ3n) is 3.18. The first-order valence-electron chi connectivity index (χ1n) is 6.81. The maximum Gasteiger partial charge on any atom is 0.237 e. The zero-order chi connectivity index (χ0) is 13.2. The fourth-order valence-electron chi connectivity index (χ4n) is 2.06. The Labute approximate surface area is 110 Å². The highest BCUT2D eigenvalue weighted by Crippen LogP contribution is 2.14. The summed E-state index contributed by atoms with van der Waals surface area (Å²) in [5.41, 5.74) is 0. The van der Waals surface area contributed by atoms with Crippen molar-refractivity contribution in [2.24, 2.45) is 5.92 Å². The molecule has 0 radical (unpaired) electrons. The molecule has 2 unspecified atom stereocenters. The summed E-state index contributed by atoms with van der Waals surface area (Å²) in [7, 11) is 1.65. The summed E-state index contributed by atoms with van der Waals surface area (Å²) >= 11 is 0. The van der Waals surface area contributed by atoms with E-state index in [2.05, 4.69) is 17.6 Å². The first kappa shape index (κ1) is 15.4. The van der Waals surface area contributed by atoms with E-state index in [1.807, 2.05) is 0 Å². The Morgan fingerprint density at radius 1 is 1.39 bits per heavy atom. The highest BCUT2D eigenvalue weighted by Gasteiger charge is 2.23. The molecule has 1 heterocycles. The van der Waals surface area contributed by atoms with Crippen molar-refractivity contribution in [3.8, 4) is 0 Å². The number of rotatable bonds is 8. The van der Waals surface area contributed by atoms with Crippen molar-refractivity contribution < 1.29 is 14.3 Å². The highest BCUT2D eigenvalue weighted by atomic mass is 16.5. The summed E-state index contributed by atoms with van der Waals surface area (Å²) in [5, 5.41) is 6.21. The first-order chi connectivity index (χ1) is 8.74. The molecule has 0 aromatic rings. The van der Waals surface area contributed by atoms with Gasteiger partial charge in [-0.05, 0) is 31.7 Å². The van der Waals surface area contributed by atoms with E-state index in [9.17, 15) is 4.79 Å². The molecule has 0 bridgehead atoms. The molecule has 0 saturated carbocycles. The lowest BCUT2D eigenvalue weighted by atomic mass is 9.94. The smallest absolute Gasteiger partial charge is 0.237 e. The van der Waals surface area contributed by atoms with Gasteiger partial charge in [-0.25, -0.2) is 0 Å². The van der Waals surface area contributed by atoms with Gasteiger partial charge in [-0.2, -0.15) is 0 Å². The first-order valence-corrected chi connectivity index (χ1v) is 6.81. The minimum Gasteiger partial charge on any atom is -0.382 e. The van der Waals surface area contributed by atoms with Crippen molar-refractivity contribution >= 4 is 5.91 Å². The van der Waals surface area contributed by atoms with Crippen molar-refractivity contribution in [1.29, 1.82) is 0 Å². The monoisotopic (exact) mass is 258 g/mol. The summed E-state index contributed by atoms with van der Waals surface area (Å²) in [6.07, 6.45) is 2.95. The topological polar surface area (TPSA) is 59.6 Å². The van der Waals surface area contributed by atoms with Gasteiger partial charge in [0.1, 0.15) is 0 Å². The van der Waals surface area contributed by atoms with E-state index in [1.54, 1.807) is 7.11 Å². The number of methoxy groups -OCH3 is 1. The Morgan fingerprint density at radius 2 is 2.22 bits per heavy atom. The van der Waals surface area contributed by atoms with E-state index in [1.165, 1.54) is 0 Å². The van der Waals surface area contributed by atoms with Crippen LogP contribution >= 0.6 is 0 Å². The van der Waals surface area contributed by atoms with Crippen LogP contribution in [0.5, 0.6) is 0 Å². The number of carbonyl (C=O) groups excluding carboxylic acids is 1. The lowest BCUT2D eigenvalue weighted by molar-refractivity contribution is -0.124. The largest absolute Gasteiger partial charge is 0.382 e. The van der Waals surface area contributed by atoms with Gasteiger partial charge in [0.25, 0.3) is 0 Å². The molecule has 2 N–H and O–H groups in total. The molecular weight excluding hydrogens is 232 g/mol. The molecule has 18 heavy (non-hydrogen) atoms. The Hall–Kier alpha value is -0.650. The van der Waals surface area contributed by atoms with Crippen molar-refractivity contribution in [3.63, 3.8) is 0 Å². The lowest BCUT2D eigenvalue weighted by Gasteiger charge is -2.27. The van der Waals surface area contributed by atoms with Crippen LogP contribution < -0.4 is 10.6 Å². The van der Waals surface area contributed by atoms with Gasteiger partial charge in [0.2, 0.25) is 5.91 Å². The Morgan fingerprint density at radius 3 is 2.94 bits per heavy atom. The van der Waals surface area contributed by atoms with Crippen LogP contribution in [0, 0.1) is 5.92 Å². The Bertz CT molecular complexity index is 236. The van der Waals surface area contributed by atoms with Crippen molar-refractivity contribution in [2.45, 2.75) is 32.2 Å². The molecule has 1 aliphatic heterocycles. The van der Waals surface area contributed by atoms with Crippen LogP contribution in [0.2, 0.25) is 0 Å². The Balaban J connectivity index is 1.99. The van der Waals surface area contributed by atoms with Gasteiger partial charge in [-0.3, -0.25) is 4.79 Å². The molecule has 2 atom stereocenters. The highest BCUT2D eigenvalue weighted by molar-refractivity contribution is 5.81. The second-order valence-corrected chi connectivity index (χ2v) is 4.89. The molecule has 1 amide bonds. The van der Waals surface area contributed by atoms with Gasteiger partial charge in [0.05, 0.1) is 19.3 Å². The van der Waals surface area contributed by atoms with Crippen LogP contribution in [0.4, 0.5) is 0 Å². The summed E-state index contributed by atoms with van der Waals surface area (Å²) in [6, 6.07) is -0.0110. The van der Waals surface area contributed by atoms with Crippen LogP contribution in [-0.4, -0.2) is 52.0 Å². The zero-order valence-electron chi connectivity index (χ0n) is 11.5. The molecular formula is C13H26N2O3. The number of nitrogens with one attached hydrogen (secondary N) is 2. The molecule has 1 aliphatic rings. The third-order valence-corrected chi connectivity index (χ3v) is 3.18. The summed E-state index contributed by atoms with van der Waals surface area (Å²) in [5.74, 6) is 0.762. The van der Waals surface area contributed by atoms with Gasteiger partial charge in [0, 0.05) is 20.3 Å². The molecule has 0 aliphatic carbocycles. The SMILES string of the molecule is COCCOCCCNC(=O)C1CC(C)CCN1. The van der Waals surface area contributed by atoms with E-state index < -0.39 is 0 Å². The quantitative estimate of drug-likeness (QED) is 0.624. The van der Waals surface area contributed by atoms with E-state index in [0.29, 0.717) is 32.3 Å². The van der Waals surface area contributed by atoms with Crippen LogP contribution in [0.1, 0.15) is 26.2 Å². The van der Waals surface area contributed by atoms with E-state index >= 15 is 0 Å². The molecule has 106 valence electrons. The number of amides is 1. The standard InChI is InChI=1S/C13H26N2O3/c1-11-4-6-14-12(10-11)13(16)15-5-3-7-18-9-8-17-2/h11-12,14H,3-10H2,1-2H3,(H,15,16). The predicted molar refractivity (Wildman–Crippen MR) is 70.5 cm³/mol. The maximum absolute atomic E-state index is 11.8. The number of hydrogen-bond donors (Lipinski definition) is 2. The molecule has 0 aromatic carbocycles. The predicted octanol–water partition coefficient (Wildman–Crippen LogP) is 0.544. The van der Waals surface area contributed by atoms with E-state index in [0.717, 1.165) is 25.8 Å². The number of hydrogen-bond acceptors (Lipinski definition) is 4. The van der Waals surface area contributed by atoms with Gasteiger partial charge in [0.15, 0.2) is 0 Å². The van der Waals surface area contributed by atoms with E-state index in [4.69, 9.17) is 9.47 Å². The second kappa shape index (κ2) is 9.30. The Kier molecular flexibility index (Phi) is 7.96. The number of ether oxygens (including phenoxy) is 2. The van der Waals surface area contributed by atoms with Gasteiger partial charge in [-0.15, -0.1) is 0 Å². The summed E-state index contributed by atoms with van der Waals surface area (Å²) in [6.45, 7) is 5.73. The van der Waals surface area contributed by atoms with Gasteiger partial charge in [-0.1, -0.05) is 6.92 Å². The molecule has 5 heteroatoms. The molecule has 5 nitrogen and oxygen atoms in total. The fraction of sp³-hybridized carbons (Fsp3) is 0.923. The minimum absolute atomic E-state index is 0.0110. The number of piperidine rings is 1. The minimum atomic E-state index is -0.0110. The van der Waals surface area contributed by atoms with Crippen LogP contribution in [-0.2, 0) is 14.3 Å². The van der Waals surface area contributed by atoms with Gasteiger partial charge >= 0.3 is 0 Å². The summed E-state index contributed by atoms with van der Waals surface area (Å²) in [4.78, 5) is 11.8. The molecule has 0 aromatic heterocycles. The molecule has 1 saturated heterocycles. The van der Waals surface area contributed by atoms with E-state index in [-0.39, 0.29) is 11.9 Å². The van der Waals surface area contributed by atoms with Crippen LogP contribution in [0.15, 0.2) is 0 Å². The zero-order valence-corrected chi connectivity index (χ0v) is 11.5. The average Bonchev–Trinajstić information content (AvgIpc) is 2.37. The fourth-order valence-corrected chi connectivity index (χ4v) is 2.06. The molecule has 1 fully saturated rings. The lowest BCUT2D eigenvalue weighted by Crippen LogP contribution is -2.48. The van der Waals surface area contributed by atoms with Crippen molar-refractivity contribution in [3.05, 3.63) is 0 Å². The van der Waals surface area contributed by atoms with Crippen molar-refractivity contribution in [1.82, 2.24) is 10.6 Å². The van der Waals surface area contributed by atoms with Gasteiger partial charge < -0.3 is 20.1 Å².